The third kappa shape index (κ3) is 5.60. The number of benzene rings is 1. The number of carbonyl (C=O) groups excluding carboxylic acids is 1. The van der Waals surface area contributed by atoms with Crippen molar-refractivity contribution in [3.05, 3.63) is 54.2 Å². The Morgan fingerprint density at radius 2 is 1.76 bits per heavy atom. The SMILES string of the molecule is CNC1CCN(c2ncc(NC(=O)c3nc(-c4ccccc4)oc3C(F)(F)F)cn2)CC1.Cl. The van der Waals surface area contributed by atoms with Gasteiger partial charge < -0.3 is 20.0 Å². The van der Waals surface area contributed by atoms with Gasteiger partial charge in [0.2, 0.25) is 17.6 Å². The number of piperidine rings is 1. The van der Waals surface area contributed by atoms with Gasteiger partial charge in [0.05, 0.1) is 18.1 Å². The summed E-state index contributed by atoms with van der Waals surface area (Å²) in [5.41, 5.74) is -0.373. The van der Waals surface area contributed by atoms with Gasteiger partial charge in [-0.2, -0.15) is 13.2 Å². The second-order valence-corrected chi connectivity index (χ2v) is 7.34. The second-order valence-electron chi connectivity index (χ2n) is 7.34. The summed E-state index contributed by atoms with van der Waals surface area (Å²) < 4.78 is 45.2. The van der Waals surface area contributed by atoms with Gasteiger partial charge in [0.1, 0.15) is 0 Å². The molecule has 1 aromatic carbocycles. The lowest BCUT2D eigenvalue weighted by molar-refractivity contribution is -0.153. The number of nitrogens with one attached hydrogen (secondary N) is 2. The Morgan fingerprint density at radius 1 is 1.12 bits per heavy atom. The van der Waals surface area contributed by atoms with Crippen molar-refractivity contribution >= 4 is 29.9 Å². The van der Waals surface area contributed by atoms with Crippen molar-refractivity contribution in [1.82, 2.24) is 20.3 Å². The molecule has 0 radical (unpaired) electrons. The van der Waals surface area contributed by atoms with E-state index >= 15 is 0 Å². The molecule has 0 aliphatic carbocycles. The summed E-state index contributed by atoms with van der Waals surface area (Å²) >= 11 is 0. The minimum atomic E-state index is -4.88. The van der Waals surface area contributed by atoms with Gasteiger partial charge in [-0.05, 0) is 32.0 Å². The molecule has 33 heavy (non-hydrogen) atoms. The number of aromatic nitrogens is 3. The van der Waals surface area contributed by atoms with Crippen LogP contribution in [0.1, 0.15) is 29.1 Å². The van der Waals surface area contributed by atoms with Crippen molar-refractivity contribution in [3.8, 4) is 11.5 Å². The quantitative estimate of drug-likeness (QED) is 0.567. The van der Waals surface area contributed by atoms with Gasteiger partial charge in [0, 0.05) is 24.7 Å². The molecule has 1 amide bonds. The minimum Gasteiger partial charge on any atom is -0.431 e. The molecular weight excluding hydrogens is 461 g/mol. The van der Waals surface area contributed by atoms with E-state index in [1.54, 1.807) is 30.3 Å². The Morgan fingerprint density at radius 3 is 2.33 bits per heavy atom. The molecule has 1 aliphatic rings. The minimum absolute atomic E-state index is 0. The zero-order valence-electron chi connectivity index (χ0n) is 17.6. The van der Waals surface area contributed by atoms with E-state index in [4.69, 9.17) is 4.42 Å². The molecule has 0 unspecified atom stereocenters. The molecule has 1 aliphatic heterocycles. The van der Waals surface area contributed by atoms with Gasteiger partial charge in [-0.3, -0.25) is 4.79 Å². The number of nitrogens with zero attached hydrogens (tertiary/aromatic N) is 4. The summed E-state index contributed by atoms with van der Waals surface area (Å²) in [7, 11) is 1.93. The van der Waals surface area contributed by atoms with Gasteiger partial charge in [0.15, 0.2) is 5.69 Å². The predicted octanol–water partition coefficient (Wildman–Crippen LogP) is 4.01. The van der Waals surface area contributed by atoms with E-state index in [0.717, 1.165) is 25.9 Å². The number of hydrogen-bond acceptors (Lipinski definition) is 7. The number of hydrogen-bond donors (Lipinski definition) is 2. The molecular formula is C21H22ClF3N6O2. The fourth-order valence-electron chi connectivity index (χ4n) is 3.48. The first-order valence-electron chi connectivity index (χ1n) is 10.0. The molecule has 0 bridgehead atoms. The summed E-state index contributed by atoms with van der Waals surface area (Å²) in [5, 5.41) is 5.61. The molecule has 0 atom stereocenters. The van der Waals surface area contributed by atoms with E-state index in [2.05, 4.69) is 25.6 Å². The van der Waals surface area contributed by atoms with Crippen LogP contribution in [-0.4, -0.2) is 47.0 Å². The molecule has 3 aromatic rings. The van der Waals surface area contributed by atoms with Crippen molar-refractivity contribution in [2.75, 3.05) is 30.4 Å². The average Bonchev–Trinajstić information content (AvgIpc) is 3.27. The number of oxazole rings is 1. The monoisotopic (exact) mass is 482 g/mol. The number of halogens is 4. The Hall–Kier alpha value is -3.18. The van der Waals surface area contributed by atoms with Crippen molar-refractivity contribution in [1.29, 1.82) is 0 Å². The number of alkyl halides is 3. The van der Waals surface area contributed by atoms with Crippen molar-refractivity contribution in [2.24, 2.45) is 0 Å². The highest BCUT2D eigenvalue weighted by Gasteiger charge is 2.42. The zero-order valence-corrected chi connectivity index (χ0v) is 18.4. The largest absolute Gasteiger partial charge is 0.452 e. The average molecular weight is 483 g/mol. The Labute approximate surface area is 194 Å². The van der Waals surface area contributed by atoms with Crippen LogP contribution in [0.5, 0.6) is 0 Å². The van der Waals surface area contributed by atoms with Gasteiger partial charge >= 0.3 is 6.18 Å². The Balaban J connectivity index is 0.00000306. The molecule has 2 aromatic heterocycles. The highest BCUT2D eigenvalue weighted by Crippen LogP contribution is 2.35. The highest BCUT2D eigenvalue weighted by atomic mass is 35.5. The summed E-state index contributed by atoms with van der Waals surface area (Å²) in [4.78, 5) is 26.9. The highest BCUT2D eigenvalue weighted by molar-refractivity contribution is 6.03. The van der Waals surface area contributed by atoms with Gasteiger partial charge in [0.25, 0.3) is 5.91 Å². The Bertz CT molecular complexity index is 1070. The lowest BCUT2D eigenvalue weighted by Gasteiger charge is -2.31. The van der Waals surface area contributed by atoms with Crippen LogP contribution in [0.15, 0.2) is 47.1 Å². The first kappa shape index (κ1) is 24.5. The van der Waals surface area contributed by atoms with E-state index in [1.807, 2.05) is 11.9 Å². The molecule has 3 heterocycles. The molecule has 12 heteroatoms. The van der Waals surface area contributed by atoms with Gasteiger partial charge in [-0.25, -0.2) is 15.0 Å². The topological polar surface area (TPSA) is 96.2 Å². The van der Waals surface area contributed by atoms with Crippen LogP contribution in [0, 0.1) is 0 Å². The number of carbonyl (C=O) groups is 1. The van der Waals surface area contributed by atoms with Crippen LogP contribution in [0.4, 0.5) is 24.8 Å². The van der Waals surface area contributed by atoms with E-state index in [1.165, 1.54) is 12.4 Å². The van der Waals surface area contributed by atoms with Gasteiger partial charge in [-0.15, -0.1) is 12.4 Å². The van der Waals surface area contributed by atoms with Crippen LogP contribution in [0.25, 0.3) is 11.5 Å². The second kappa shape index (κ2) is 10.2. The first-order chi connectivity index (χ1) is 15.3. The number of amides is 1. The Kier molecular flexibility index (Phi) is 7.54. The van der Waals surface area contributed by atoms with Crippen molar-refractivity contribution < 1.29 is 22.4 Å². The van der Waals surface area contributed by atoms with Crippen LogP contribution in [0.2, 0.25) is 0 Å². The summed E-state index contributed by atoms with van der Waals surface area (Å²) in [6, 6.07) is 8.51. The fourth-order valence-corrected chi connectivity index (χ4v) is 3.48. The lowest BCUT2D eigenvalue weighted by atomic mass is 10.1. The maximum Gasteiger partial charge on any atom is 0.452 e. The molecule has 8 nitrogen and oxygen atoms in total. The van der Waals surface area contributed by atoms with Crippen LogP contribution in [-0.2, 0) is 6.18 Å². The van der Waals surface area contributed by atoms with E-state index in [9.17, 15) is 18.0 Å². The molecule has 0 saturated carbocycles. The molecule has 1 saturated heterocycles. The molecule has 1 fully saturated rings. The van der Waals surface area contributed by atoms with E-state index in [-0.39, 0.29) is 24.0 Å². The van der Waals surface area contributed by atoms with Gasteiger partial charge in [-0.1, -0.05) is 18.2 Å². The van der Waals surface area contributed by atoms with Crippen molar-refractivity contribution in [2.45, 2.75) is 25.1 Å². The standard InChI is InChI=1S/C21H21F3N6O2.ClH/c1-25-14-7-9-30(10-8-14)20-26-11-15(12-27-20)28-18(31)16-17(21(22,23)24)32-19(29-16)13-5-3-2-4-6-13;/h2-6,11-12,14,25H,7-10H2,1H3,(H,28,31);1H. The molecule has 4 rings (SSSR count). The zero-order chi connectivity index (χ0) is 22.7. The maximum absolute atomic E-state index is 13.4. The normalized spacial score (nSPS) is 14.6. The summed E-state index contributed by atoms with van der Waals surface area (Å²) in [5.74, 6) is -2.31. The number of anilines is 2. The first-order valence-corrected chi connectivity index (χ1v) is 10.0. The third-order valence-electron chi connectivity index (χ3n) is 5.20. The maximum atomic E-state index is 13.4. The summed E-state index contributed by atoms with van der Waals surface area (Å²) in [6.07, 6.45) is -0.263. The predicted molar refractivity (Wildman–Crippen MR) is 118 cm³/mol. The van der Waals surface area contributed by atoms with Crippen LogP contribution < -0.4 is 15.5 Å². The molecule has 0 spiro atoms. The molecule has 2 N–H and O–H groups in total. The smallest absolute Gasteiger partial charge is 0.431 e. The summed E-state index contributed by atoms with van der Waals surface area (Å²) in [6.45, 7) is 1.57. The third-order valence-corrected chi connectivity index (χ3v) is 5.20. The number of rotatable bonds is 5. The van der Waals surface area contributed by atoms with E-state index < -0.39 is 23.5 Å². The molecule has 176 valence electrons. The lowest BCUT2D eigenvalue weighted by Crippen LogP contribution is -2.41. The van der Waals surface area contributed by atoms with E-state index in [0.29, 0.717) is 17.6 Å². The van der Waals surface area contributed by atoms with Crippen LogP contribution in [0.3, 0.4) is 0 Å². The van der Waals surface area contributed by atoms with Crippen LogP contribution >= 0.6 is 12.4 Å². The fraction of sp³-hybridized carbons (Fsp3) is 0.333. The van der Waals surface area contributed by atoms with Crippen molar-refractivity contribution in [3.63, 3.8) is 0 Å².